The Morgan fingerprint density at radius 1 is 1.16 bits per heavy atom. The summed E-state index contributed by atoms with van der Waals surface area (Å²) < 4.78 is 5.92. The van der Waals surface area contributed by atoms with Crippen molar-refractivity contribution in [2.45, 2.75) is 13.5 Å². The molecule has 2 aromatic carbocycles. The summed E-state index contributed by atoms with van der Waals surface area (Å²) in [7, 11) is 0. The van der Waals surface area contributed by atoms with Crippen molar-refractivity contribution in [3.63, 3.8) is 0 Å². The molecule has 0 spiro atoms. The molecule has 0 bridgehead atoms. The smallest absolute Gasteiger partial charge is 0.341 e. The van der Waals surface area contributed by atoms with Crippen molar-refractivity contribution in [2.75, 3.05) is 4.90 Å². The molecule has 6 nitrogen and oxygen atoms in total. The number of rotatable bonds is 1. The number of fused-ring (bicyclic) bond motifs is 2. The zero-order valence-corrected chi connectivity index (χ0v) is 14.2. The molecular weight excluding hydrogens is 342 g/mol. The summed E-state index contributed by atoms with van der Waals surface area (Å²) in [6.45, 7) is 1.98. The van der Waals surface area contributed by atoms with E-state index in [-0.39, 0.29) is 6.54 Å². The van der Waals surface area contributed by atoms with Gasteiger partial charge in [-0.1, -0.05) is 35.9 Å². The Bertz CT molecular complexity index is 851. The second-order valence-electron chi connectivity index (χ2n) is 5.33. The van der Waals surface area contributed by atoms with Crippen LogP contribution >= 0.6 is 11.6 Å². The van der Waals surface area contributed by atoms with Crippen molar-refractivity contribution < 1.29 is 14.3 Å². The number of para-hydroxylation sites is 1. The molecular formula is C18H16ClN3O3. The Balaban J connectivity index is 1.93. The van der Waals surface area contributed by atoms with Gasteiger partial charge in [0.15, 0.2) is 5.75 Å². The third-order valence-corrected chi connectivity index (χ3v) is 3.82. The van der Waals surface area contributed by atoms with E-state index in [0.29, 0.717) is 22.2 Å². The number of anilines is 1. The molecule has 2 N–H and O–H groups in total. The Morgan fingerprint density at radius 2 is 1.96 bits per heavy atom. The maximum absolute atomic E-state index is 12.6. The molecule has 0 fully saturated rings. The maximum atomic E-state index is 12.6. The number of nitrogens with one attached hydrogen (secondary N) is 2. The highest BCUT2D eigenvalue weighted by Gasteiger charge is 2.25. The summed E-state index contributed by atoms with van der Waals surface area (Å²) in [6, 6.07) is 12.0. The first-order valence-electron chi connectivity index (χ1n) is 7.64. The summed E-state index contributed by atoms with van der Waals surface area (Å²) in [5.74, 6) is 0.747. The van der Waals surface area contributed by atoms with E-state index in [1.807, 2.05) is 24.3 Å². The predicted octanol–water partition coefficient (Wildman–Crippen LogP) is 3.77. The minimum atomic E-state index is -0.498. The van der Waals surface area contributed by atoms with Crippen molar-refractivity contribution >= 4 is 29.2 Å². The van der Waals surface area contributed by atoms with Crippen LogP contribution in [0.4, 0.5) is 10.5 Å². The second kappa shape index (κ2) is 7.27. The van der Waals surface area contributed by atoms with Gasteiger partial charge in [-0.15, -0.1) is 0 Å². The molecule has 0 saturated carbocycles. The molecule has 1 aliphatic rings. The van der Waals surface area contributed by atoms with Gasteiger partial charge < -0.3 is 4.74 Å². The van der Waals surface area contributed by atoms with Gasteiger partial charge in [0.25, 0.3) is 5.91 Å². The van der Waals surface area contributed by atoms with Gasteiger partial charge in [-0.2, -0.15) is 0 Å². The lowest BCUT2D eigenvalue weighted by Crippen LogP contribution is -2.48. The Morgan fingerprint density at radius 3 is 2.76 bits per heavy atom. The average molecular weight is 358 g/mol. The number of urea groups is 1. The van der Waals surface area contributed by atoms with E-state index in [1.165, 1.54) is 11.0 Å². The lowest BCUT2D eigenvalue weighted by molar-refractivity contribution is -0.117. The summed E-state index contributed by atoms with van der Waals surface area (Å²) in [5.41, 5.74) is 6.08. The number of hydrogen-bond donors (Lipinski definition) is 2. The zero-order chi connectivity index (χ0) is 17.8. The maximum Gasteiger partial charge on any atom is 0.341 e. The van der Waals surface area contributed by atoms with E-state index >= 15 is 0 Å². The highest BCUT2D eigenvalue weighted by atomic mass is 35.5. The minimum Gasteiger partial charge on any atom is -0.455 e. The van der Waals surface area contributed by atoms with Crippen LogP contribution in [-0.4, -0.2) is 11.9 Å². The van der Waals surface area contributed by atoms with Crippen LogP contribution in [0.1, 0.15) is 12.5 Å². The number of carbonyl (C=O) groups excluding carboxylic acids is 2. The fourth-order valence-electron chi connectivity index (χ4n) is 2.45. The monoisotopic (exact) mass is 357 g/mol. The Kier molecular flexibility index (Phi) is 4.90. The van der Waals surface area contributed by atoms with Crippen molar-refractivity contribution in [1.29, 1.82) is 0 Å². The molecule has 3 amide bonds. The highest BCUT2D eigenvalue weighted by molar-refractivity contribution is 6.31. The zero-order valence-electron chi connectivity index (χ0n) is 13.5. The SMILES string of the molecule is CC=CC(=O)NNC(=O)N1Cc2ccccc2Oc2ccc(Cl)cc21. The number of halogens is 1. The first kappa shape index (κ1) is 16.9. The normalized spacial score (nSPS) is 12.6. The van der Waals surface area contributed by atoms with Crippen LogP contribution in [0.5, 0.6) is 11.5 Å². The van der Waals surface area contributed by atoms with Crippen molar-refractivity contribution in [3.8, 4) is 11.5 Å². The molecule has 7 heteroatoms. The third kappa shape index (κ3) is 3.75. The van der Waals surface area contributed by atoms with Gasteiger partial charge in [-0.05, 0) is 31.2 Å². The summed E-state index contributed by atoms with van der Waals surface area (Å²) in [4.78, 5) is 25.6. The standard InChI is InChI=1S/C18H16ClN3O3/c1-2-5-17(23)20-21-18(24)22-11-12-6-3-4-7-15(12)25-16-9-8-13(19)10-14(16)22/h2-10H,11H2,1H3,(H,20,23)(H,21,24). The minimum absolute atomic E-state index is 0.273. The van der Waals surface area contributed by atoms with Gasteiger partial charge in [0, 0.05) is 16.7 Å². The molecule has 3 rings (SSSR count). The van der Waals surface area contributed by atoms with E-state index in [9.17, 15) is 9.59 Å². The molecule has 0 atom stereocenters. The van der Waals surface area contributed by atoms with Gasteiger partial charge in [0.05, 0.1) is 12.2 Å². The second-order valence-corrected chi connectivity index (χ2v) is 5.76. The van der Waals surface area contributed by atoms with Gasteiger partial charge in [-0.3, -0.25) is 15.1 Å². The summed E-state index contributed by atoms with van der Waals surface area (Å²) >= 11 is 6.09. The fourth-order valence-corrected chi connectivity index (χ4v) is 2.62. The Hall–Kier alpha value is -2.99. The highest BCUT2D eigenvalue weighted by Crippen LogP contribution is 2.40. The number of carbonyl (C=O) groups is 2. The van der Waals surface area contributed by atoms with Crippen LogP contribution in [0.15, 0.2) is 54.6 Å². The molecule has 0 unspecified atom stereocenters. The van der Waals surface area contributed by atoms with E-state index in [0.717, 1.165) is 5.56 Å². The van der Waals surface area contributed by atoms with Gasteiger partial charge >= 0.3 is 6.03 Å². The summed E-state index contributed by atoms with van der Waals surface area (Å²) in [6.07, 6.45) is 2.89. The molecule has 0 radical (unpaired) electrons. The number of hydrogen-bond acceptors (Lipinski definition) is 3. The van der Waals surface area contributed by atoms with Crippen LogP contribution in [0.25, 0.3) is 0 Å². The van der Waals surface area contributed by atoms with Crippen LogP contribution in [0.3, 0.4) is 0 Å². The molecule has 0 aromatic heterocycles. The molecule has 1 heterocycles. The number of ether oxygens (including phenoxy) is 1. The number of allylic oxidation sites excluding steroid dienone is 1. The quantitative estimate of drug-likeness (QED) is 0.603. The lowest BCUT2D eigenvalue weighted by atomic mass is 10.2. The number of nitrogens with zero attached hydrogens (tertiary/aromatic N) is 1. The first-order valence-corrected chi connectivity index (χ1v) is 8.02. The van der Waals surface area contributed by atoms with E-state index in [2.05, 4.69) is 10.9 Å². The van der Waals surface area contributed by atoms with Crippen molar-refractivity contribution in [1.82, 2.24) is 10.9 Å². The molecule has 128 valence electrons. The van der Waals surface area contributed by atoms with Gasteiger partial charge in [-0.25, -0.2) is 10.2 Å². The number of hydrazine groups is 1. The average Bonchev–Trinajstić information content (AvgIpc) is 2.76. The summed E-state index contributed by atoms with van der Waals surface area (Å²) in [5, 5.41) is 0.476. The van der Waals surface area contributed by atoms with Crippen LogP contribution in [-0.2, 0) is 11.3 Å². The number of amides is 3. The van der Waals surface area contributed by atoms with E-state index in [4.69, 9.17) is 16.3 Å². The van der Waals surface area contributed by atoms with E-state index in [1.54, 1.807) is 31.2 Å². The molecule has 1 aliphatic heterocycles. The van der Waals surface area contributed by atoms with Crippen LogP contribution < -0.4 is 20.5 Å². The molecule has 0 aliphatic carbocycles. The first-order chi connectivity index (χ1) is 12.1. The lowest BCUT2D eigenvalue weighted by Gasteiger charge is -2.22. The fraction of sp³-hybridized carbons (Fsp3) is 0.111. The largest absolute Gasteiger partial charge is 0.455 e. The topological polar surface area (TPSA) is 70.7 Å². The Labute approximate surface area is 150 Å². The molecule has 25 heavy (non-hydrogen) atoms. The van der Waals surface area contributed by atoms with Crippen LogP contribution in [0, 0.1) is 0 Å². The van der Waals surface area contributed by atoms with Gasteiger partial charge in [0.2, 0.25) is 0 Å². The van der Waals surface area contributed by atoms with Crippen LogP contribution in [0.2, 0.25) is 5.02 Å². The van der Waals surface area contributed by atoms with E-state index < -0.39 is 11.9 Å². The predicted molar refractivity (Wildman–Crippen MR) is 95.6 cm³/mol. The molecule has 2 aromatic rings. The third-order valence-electron chi connectivity index (χ3n) is 3.59. The van der Waals surface area contributed by atoms with Gasteiger partial charge in [0.1, 0.15) is 5.75 Å². The van der Waals surface area contributed by atoms with Crippen molar-refractivity contribution in [3.05, 3.63) is 65.2 Å². The molecule has 0 saturated heterocycles. The number of benzene rings is 2. The van der Waals surface area contributed by atoms with Crippen molar-refractivity contribution in [2.24, 2.45) is 0 Å².